The van der Waals surface area contributed by atoms with E-state index in [1.54, 1.807) is 12.4 Å². The van der Waals surface area contributed by atoms with Crippen LogP contribution in [0.3, 0.4) is 0 Å². The average Bonchev–Trinajstić information content (AvgIpc) is 3.03. The zero-order valence-corrected chi connectivity index (χ0v) is 12.7. The van der Waals surface area contributed by atoms with Crippen molar-refractivity contribution in [2.24, 2.45) is 0 Å². The molecule has 1 aliphatic heterocycles. The molecule has 5 nitrogen and oxygen atoms in total. The molecule has 3 rings (SSSR count). The average molecular weight is 310 g/mol. The minimum atomic E-state index is -2.71. The van der Waals surface area contributed by atoms with Crippen molar-refractivity contribution in [3.05, 3.63) is 24.0 Å². The van der Waals surface area contributed by atoms with Crippen molar-refractivity contribution in [3.63, 3.8) is 0 Å². The molecule has 1 aliphatic rings. The molecule has 1 saturated heterocycles. The van der Waals surface area contributed by atoms with E-state index in [0.29, 0.717) is 13.1 Å². The second-order valence-electron chi connectivity index (χ2n) is 6.30. The fraction of sp³-hybridized carbons (Fsp3) is 0.600. The molecule has 1 fully saturated rings. The Hall–Kier alpha value is -1.60. The van der Waals surface area contributed by atoms with Gasteiger partial charge in [0.15, 0.2) is 5.65 Å². The maximum Gasteiger partial charge on any atom is 0.268 e. The van der Waals surface area contributed by atoms with Crippen molar-refractivity contribution in [1.29, 1.82) is 0 Å². The molecule has 0 radical (unpaired) electrons. The van der Waals surface area contributed by atoms with Gasteiger partial charge in [0.05, 0.1) is 6.20 Å². The molecule has 2 aromatic rings. The van der Waals surface area contributed by atoms with Crippen LogP contribution in [-0.4, -0.2) is 49.9 Å². The second-order valence-corrected chi connectivity index (χ2v) is 6.30. The molecule has 2 aromatic heterocycles. The van der Waals surface area contributed by atoms with Crippen LogP contribution in [0.25, 0.3) is 11.0 Å². The highest BCUT2D eigenvalue weighted by atomic mass is 19.3. The first-order chi connectivity index (χ1) is 10.4. The summed E-state index contributed by atoms with van der Waals surface area (Å²) in [6.45, 7) is 5.04. The summed E-state index contributed by atoms with van der Waals surface area (Å²) >= 11 is 0. The first kappa shape index (κ1) is 15.3. The minimum absolute atomic E-state index is 0.00599. The predicted molar refractivity (Wildman–Crippen MR) is 78.8 cm³/mol. The lowest BCUT2D eigenvalue weighted by Crippen LogP contribution is -2.40. The van der Waals surface area contributed by atoms with Crippen molar-refractivity contribution in [3.8, 4) is 0 Å². The van der Waals surface area contributed by atoms with Crippen LogP contribution in [0.15, 0.2) is 18.5 Å². The maximum absolute atomic E-state index is 12.8. The van der Waals surface area contributed by atoms with Crippen LogP contribution in [-0.2, 0) is 6.54 Å². The zero-order valence-electron chi connectivity index (χ0n) is 12.7. The molecular weight excluding hydrogens is 290 g/mol. The highest BCUT2D eigenvalue weighted by Gasteiger charge is 2.43. The van der Waals surface area contributed by atoms with Crippen molar-refractivity contribution >= 4 is 11.0 Å². The Morgan fingerprint density at radius 2 is 2.14 bits per heavy atom. The van der Waals surface area contributed by atoms with Gasteiger partial charge < -0.3 is 5.11 Å². The lowest BCUT2D eigenvalue weighted by atomic mass is 10.1. The summed E-state index contributed by atoms with van der Waals surface area (Å²) in [6, 6.07) is 2.21. The molecule has 0 spiro atoms. The lowest BCUT2D eigenvalue weighted by Gasteiger charge is -2.22. The fourth-order valence-electron chi connectivity index (χ4n) is 2.92. The van der Waals surface area contributed by atoms with Crippen LogP contribution >= 0.6 is 0 Å². The molecule has 22 heavy (non-hydrogen) atoms. The van der Waals surface area contributed by atoms with Crippen molar-refractivity contribution < 1.29 is 13.9 Å². The standard InChI is InChI=1S/C15H20F2N4O/c1-10(2)21-13-12(7-19-21)5-11(6-18-13)8-20-4-3-15(22,9-20)14(16)17/h5-7,10,14,22H,3-4,8-9H2,1-2H3. The van der Waals surface area contributed by atoms with Gasteiger partial charge in [-0.15, -0.1) is 0 Å². The summed E-state index contributed by atoms with van der Waals surface area (Å²) in [5.74, 6) is 0. The summed E-state index contributed by atoms with van der Waals surface area (Å²) in [7, 11) is 0. The van der Waals surface area contributed by atoms with Crippen molar-refractivity contribution in [2.75, 3.05) is 13.1 Å². The molecule has 1 N–H and O–H groups in total. The van der Waals surface area contributed by atoms with Gasteiger partial charge in [-0.2, -0.15) is 5.10 Å². The van der Waals surface area contributed by atoms with Crippen LogP contribution in [0.1, 0.15) is 31.9 Å². The number of fused-ring (bicyclic) bond motifs is 1. The molecule has 0 bridgehead atoms. The van der Waals surface area contributed by atoms with Gasteiger partial charge in [0.25, 0.3) is 6.43 Å². The number of aromatic nitrogens is 3. The number of likely N-dealkylation sites (tertiary alicyclic amines) is 1. The lowest BCUT2D eigenvalue weighted by molar-refractivity contribution is -0.0872. The number of β-amino-alcohol motifs (C(OH)–C–C–N with tert-alkyl or cyclic N) is 1. The van der Waals surface area contributed by atoms with Crippen LogP contribution in [0, 0.1) is 0 Å². The normalized spacial score (nSPS) is 23.2. The molecular formula is C15H20F2N4O. The third-order valence-electron chi connectivity index (χ3n) is 4.15. The van der Waals surface area contributed by atoms with E-state index in [0.717, 1.165) is 16.6 Å². The first-order valence-corrected chi connectivity index (χ1v) is 7.44. The van der Waals surface area contributed by atoms with E-state index in [2.05, 4.69) is 10.1 Å². The van der Waals surface area contributed by atoms with E-state index in [9.17, 15) is 13.9 Å². The van der Waals surface area contributed by atoms with Crippen molar-refractivity contribution in [1.82, 2.24) is 19.7 Å². The minimum Gasteiger partial charge on any atom is -0.383 e. The van der Waals surface area contributed by atoms with Gasteiger partial charge in [-0.1, -0.05) is 0 Å². The molecule has 0 aromatic carbocycles. The molecule has 1 atom stereocenters. The number of rotatable bonds is 4. The third-order valence-corrected chi connectivity index (χ3v) is 4.15. The van der Waals surface area contributed by atoms with Gasteiger partial charge in [0.1, 0.15) is 5.60 Å². The van der Waals surface area contributed by atoms with Crippen molar-refractivity contribution in [2.45, 2.75) is 44.9 Å². The highest BCUT2D eigenvalue weighted by Crippen LogP contribution is 2.29. The second kappa shape index (κ2) is 5.55. The van der Waals surface area contributed by atoms with Crippen LogP contribution < -0.4 is 0 Å². The molecule has 0 saturated carbocycles. The summed E-state index contributed by atoms with van der Waals surface area (Å²) in [5.41, 5.74) is -0.112. The number of aliphatic hydroxyl groups is 1. The van der Waals surface area contributed by atoms with Crippen LogP contribution in [0.4, 0.5) is 8.78 Å². The van der Waals surface area contributed by atoms with Crippen LogP contribution in [0.5, 0.6) is 0 Å². The Bertz CT molecular complexity index is 673. The van der Waals surface area contributed by atoms with Gasteiger partial charge in [-0.05, 0) is 31.9 Å². The smallest absolute Gasteiger partial charge is 0.268 e. The summed E-state index contributed by atoms with van der Waals surface area (Å²) in [6.07, 6.45) is 0.918. The Kier molecular flexibility index (Phi) is 3.86. The van der Waals surface area contributed by atoms with E-state index in [1.165, 1.54) is 0 Å². The monoisotopic (exact) mass is 310 g/mol. The van der Waals surface area contributed by atoms with E-state index >= 15 is 0 Å². The number of hydrogen-bond donors (Lipinski definition) is 1. The molecule has 7 heteroatoms. The highest BCUT2D eigenvalue weighted by molar-refractivity contribution is 5.75. The van der Waals surface area contributed by atoms with Gasteiger partial charge in [0.2, 0.25) is 0 Å². The van der Waals surface area contributed by atoms with Crippen LogP contribution in [0.2, 0.25) is 0 Å². The number of pyridine rings is 1. The predicted octanol–water partition coefficient (Wildman–Crippen LogP) is 2.21. The fourth-order valence-corrected chi connectivity index (χ4v) is 2.92. The van der Waals surface area contributed by atoms with Gasteiger partial charge >= 0.3 is 0 Å². The zero-order chi connectivity index (χ0) is 15.9. The molecule has 120 valence electrons. The Morgan fingerprint density at radius 1 is 1.36 bits per heavy atom. The largest absolute Gasteiger partial charge is 0.383 e. The Labute approximate surface area is 127 Å². The Morgan fingerprint density at radius 3 is 2.77 bits per heavy atom. The quantitative estimate of drug-likeness (QED) is 0.941. The van der Waals surface area contributed by atoms with E-state index in [-0.39, 0.29) is 19.0 Å². The molecule has 3 heterocycles. The molecule has 0 aliphatic carbocycles. The Balaban J connectivity index is 1.75. The van der Waals surface area contributed by atoms with E-state index in [1.807, 2.05) is 29.5 Å². The number of alkyl halides is 2. The first-order valence-electron chi connectivity index (χ1n) is 7.44. The summed E-state index contributed by atoms with van der Waals surface area (Å²) in [5, 5.41) is 15.1. The maximum atomic E-state index is 12.8. The van der Waals surface area contributed by atoms with Gasteiger partial charge in [0, 0.05) is 37.3 Å². The number of hydrogen-bond acceptors (Lipinski definition) is 4. The van der Waals surface area contributed by atoms with E-state index < -0.39 is 12.0 Å². The molecule has 0 amide bonds. The number of halogens is 2. The van der Waals surface area contributed by atoms with Gasteiger partial charge in [-0.3, -0.25) is 4.90 Å². The van der Waals surface area contributed by atoms with Gasteiger partial charge in [-0.25, -0.2) is 18.4 Å². The molecule has 1 unspecified atom stereocenters. The summed E-state index contributed by atoms with van der Waals surface area (Å²) in [4.78, 5) is 6.27. The SMILES string of the molecule is CC(C)n1ncc2cc(CN3CCC(O)(C(F)F)C3)cnc21. The third kappa shape index (κ3) is 2.70. The summed E-state index contributed by atoms with van der Waals surface area (Å²) < 4.78 is 27.5. The van der Waals surface area contributed by atoms with E-state index in [4.69, 9.17) is 0 Å². The number of nitrogens with zero attached hydrogens (tertiary/aromatic N) is 4. The topological polar surface area (TPSA) is 54.2 Å².